The molecular weight excluding hydrogens is 575 g/mol. The van der Waals surface area contributed by atoms with Crippen LogP contribution in [0.4, 0.5) is 0 Å². The van der Waals surface area contributed by atoms with Gasteiger partial charge in [-0.2, -0.15) is 0 Å². The van der Waals surface area contributed by atoms with Crippen molar-refractivity contribution in [3.63, 3.8) is 0 Å². The van der Waals surface area contributed by atoms with Crippen molar-refractivity contribution in [2.45, 2.75) is 50.9 Å². The Balaban J connectivity index is 1.50. The fraction of sp³-hybridized carbons (Fsp3) is 0.300. The topological polar surface area (TPSA) is 55.4 Å². The maximum Gasteiger partial charge on any atom is 0.354 e. The zero-order valence-electron chi connectivity index (χ0n) is 26.4. The Morgan fingerprint density at radius 1 is 0.800 bits per heavy atom. The Morgan fingerprint density at radius 3 is 1.78 bits per heavy atom. The van der Waals surface area contributed by atoms with Crippen molar-refractivity contribution in [2.24, 2.45) is 17.8 Å². The lowest BCUT2D eigenvalue weighted by Crippen LogP contribution is -2.38. The molecule has 5 rings (SSSR count). The molecule has 45 heavy (non-hydrogen) atoms. The van der Waals surface area contributed by atoms with E-state index >= 15 is 0 Å². The first-order valence-corrected chi connectivity index (χ1v) is 16.9. The fourth-order valence-corrected chi connectivity index (χ4v) is 7.85. The van der Waals surface area contributed by atoms with Crippen LogP contribution in [-0.2, 0) is 14.3 Å². The van der Waals surface area contributed by atoms with Gasteiger partial charge in [0.1, 0.15) is 11.8 Å². The number of hydrogen-bond donors (Lipinski definition) is 1. The summed E-state index contributed by atoms with van der Waals surface area (Å²) >= 11 is 1.71. The van der Waals surface area contributed by atoms with Crippen molar-refractivity contribution < 1.29 is 14.3 Å². The number of benzene rings is 4. The summed E-state index contributed by atoms with van der Waals surface area (Å²) < 4.78 is 5.68. The zero-order chi connectivity index (χ0) is 31.6. The summed E-state index contributed by atoms with van der Waals surface area (Å²) in [6.45, 7) is 6.61. The van der Waals surface area contributed by atoms with Gasteiger partial charge in [0.05, 0.1) is 4.75 Å². The average Bonchev–Trinajstić information content (AvgIpc) is 3.07. The van der Waals surface area contributed by atoms with Crippen LogP contribution in [0.2, 0.25) is 0 Å². The second kappa shape index (κ2) is 15.3. The molecule has 1 aliphatic carbocycles. The Kier molecular flexibility index (Phi) is 11.0. The molecule has 0 saturated heterocycles. The predicted octanol–water partition coefficient (Wildman–Crippen LogP) is 9.03. The molecule has 3 atom stereocenters. The van der Waals surface area contributed by atoms with Gasteiger partial charge in [-0.3, -0.25) is 4.79 Å². The Hall–Kier alpha value is -4.09. The number of amides is 1. The van der Waals surface area contributed by atoms with Gasteiger partial charge in [0.2, 0.25) is 0 Å². The first-order valence-electron chi connectivity index (χ1n) is 16.0. The number of rotatable bonds is 11. The summed E-state index contributed by atoms with van der Waals surface area (Å²) in [5.41, 5.74) is 4.07. The molecule has 1 fully saturated rings. The van der Waals surface area contributed by atoms with Crippen molar-refractivity contribution in [1.82, 2.24) is 5.32 Å². The van der Waals surface area contributed by atoms with E-state index < -0.39 is 10.7 Å². The molecule has 1 amide bonds. The molecule has 4 aromatic carbocycles. The molecule has 4 nitrogen and oxygen atoms in total. The van der Waals surface area contributed by atoms with Crippen LogP contribution in [0.25, 0.3) is 0 Å². The fourth-order valence-electron chi connectivity index (χ4n) is 6.44. The number of nitrogens with one attached hydrogen (secondary N) is 1. The molecule has 232 valence electrons. The van der Waals surface area contributed by atoms with E-state index in [0.717, 1.165) is 36.0 Å². The lowest BCUT2D eigenvalue weighted by molar-refractivity contribution is -0.151. The summed E-state index contributed by atoms with van der Waals surface area (Å²) in [4.78, 5) is 27.2. The summed E-state index contributed by atoms with van der Waals surface area (Å²) in [6, 6.07) is 40.3. The quantitative estimate of drug-likeness (QED) is 0.104. The van der Waals surface area contributed by atoms with Gasteiger partial charge in [0.15, 0.2) is 0 Å². The molecule has 0 radical (unpaired) electrons. The molecule has 1 saturated carbocycles. The zero-order valence-corrected chi connectivity index (χ0v) is 27.2. The second-order valence-electron chi connectivity index (χ2n) is 12.3. The van der Waals surface area contributed by atoms with E-state index in [1.807, 2.05) is 42.5 Å². The van der Waals surface area contributed by atoms with Gasteiger partial charge in [-0.05, 0) is 65.5 Å². The maximum absolute atomic E-state index is 13.9. The normalized spacial score (nSPS) is 18.8. The monoisotopic (exact) mass is 617 g/mol. The minimum atomic E-state index is -0.555. The molecule has 0 heterocycles. The number of esters is 1. The highest BCUT2D eigenvalue weighted by molar-refractivity contribution is 8.00. The van der Waals surface area contributed by atoms with E-state index in [9.17, 15) is 9.59 Å². The van der Waals surface area contributed by atoms with Crippen LogP contribution in [0.5, 0.6) is 0 Å². The first kappa shape index (κ1) is 32.3. The van der Waals surface area contributed by atoms with Crippen molar-refractivity contribution in [2.75, 3.05) is 5.75 Å². The van der Waals surface area contributed by atoms with Gasteiger partial charge in [0, 0.05) is 11.3 Å². The minimum absolute atomic E-state index is 0.178. The van der Waals surface area contributed by atoms with Gasteiger partial charge in [-0.1, -0.05) is 136 Å². The summed E-state index contributed by atoms with van der Waals surface area (Å²) in [6.07, 6.45) is 4.66. The Labute approximate surface area is 272 Å². The van der Waals surface area contributed by atoms with Crippen LogP contribution in [0, 0.1) is 17.8 Å². The molecular formula is C40H43NO3S. The molecule has 0 aliphatic heterocycles. The molecule has 1 aliphatic rings. The van der Waals surface area contributed by atoms with E-state index in [2.05, 4.69) is 98.9 Å². The van der Waals surface area contributed by atoms with Gasteiger partial charge < -0.3 is 10.1 Å². The van der Waals surface area contributed by atoms with Crippen LogP contribution in [0.15, 0.2) is 133 Å². The molecule has 1 N–H and O–H groups in total. The Morgan fingerprint density at radius 2 is 1.29 bits per heavy atom. The lowest BCUT2D eigenvalue weighted by Gasteiger charge is -2.37. The highest BCUT2D eigenvalue weighted by atomic mass is 32.2. The number of hydrogen-bond acceptors (Lipinski definition) is 4. The minimum Gasteiger partial charge on any atom is -0.457 e. The van der Waals surface area contributed by atoms with Crippen LogP contribution < -0.4 is 5.32 Å². The third kappa shape index (κ3) is 7.77. The standard InChI is InChI=1S/C40H43NO3S/c1-29(2)35-25-24-30(3)28-37(35)44-39(43)36(41-38(42)31-16-8-4-9-17-31)26-27-45-40(32-18-10-5-11-19-32,33-20-12-6-13-21-33)34-22-14-7-15-23-34/h4-23,26,29-30,35,37H,24-25,27-28H2,1-3H3,(H,41,42)/b36-26-/t30-,35+,37-/m1/s1. The average molecular weight is 618 g/mol. The molecule has 0 bridgehead atoms. The summed E-state index contributed by atoms with van der Waals surface area (Å²) in [5.74, 6) is 0.833. The second-order valence-corrected chi connectivity index (χ2v) is 13.5. The van der Waals surface area contributed by atoms with Crippen LogP contribution in [-0.4, -0.2) is 23.7 Å². The number of thioether (sulfide) groups is 1. The van der Waals surface area contributed by atoms with Crippen molar-refractivity contribution in [3.8, 4) is 0 Å². The van der Waals surface area contributed by atoms with Crippen LogP contribution in [0.1, 0.15) is 67.1 Å². The van der Waals surface area contributed by atoms with Crippen molar-refractivity contribution in [1.29, 1.82) is 0 Å². The molecule has 4 aromatic rings. The van der Waals surface area contributed by atoms with E-state index in [4.69, 9.17) is 4.74 Å². The van der Waals surface area contributed by atoms with Crippen molar-refractivity contribution in [3.05, 3.63) is 155 Å². The molecule has 0 spiro atoms. The van der Waals surface area contributed by atoms with E-state index in [-0.39, 0.29) is 17.7 Å². The highest BCUT2D eigenvalue weighted by Crippen LogP contribution is 2.48. The van der Waals surface area contributed by atoms with Crippen LogP contribution in [0.3, 0.4) is 0 Å². The first-order chi connectivity index (χ1) is 21.9. The lowest BCUT2D eigenvalue weighted by atomic mass is 9.75. The van der Waals surface area contributed by atoms with Gasteiger partial charge in [-0.25, -0.2) is 4.79 Å². The van der Waals surface area contributed by atoms with Gasteiger partial charge in [0.25, 0.3) is 5.91 Å². The number of carbonyl (C=O) groups is 2. The Bertz CT molecular complexity index is 1460. The number of carbonyl (C=O) groups excluding carboxylic acids is 2. The summed E-state index contributed by atoms with van der Waals surface area (Å²) in [5, 5.41) is 2.92. The third-order valence-electron chi connectivity index (χ3n) is 8.85. The third-order valence-corrected chi connectivity index (χ3v) is 10.3. The van der Waals surface area contributed by atoms with Gasteiger partial charge >= 0.3 is 5.97 Å². The van der Waals surface area contributed by atoms with E-state index in [0.29, 0.717) is 29.1 Å². The predicted molar refractivity (Wildman–Crippen MR) is 185 cm³/mol. The SMILES string of the molecule is CC(C)[C@@H]1CC[C@@H](C)C[C@H]1OC(=O)/C(=C/CSC(c1ccccc1)(c1ccccc1)c1ccccc1)NC(=O)c1ccccc1. The van der Waals surface area contributed by atoms with Crippen molar-refractivity contribution >= 4 is 23.6 Å². The number of ether oxygens (including phenoxy) is 1. The molecule has 5 heteroatoms. The maximum atomic E-state index is 13.9. The van der Waals surface area contributed by atoms with Crippen LogP contribution >= 0.6 is 11.8 Å². The highest BCUT2D eigenvalue weighted by Gasteiger charge is 2.37. The molecule has 0 aromatic heterocycles. The largest absolute Gasteiger partial charge is 0.457 e. The smallest absolute Gasteiger partial charge is 0.354 e. The van der Waals surface area contributed by atoms with E-state index in [1.54, 1.807) is 23.9 Å². The molecule has 0 unspecified atom stereocenters. The van der Waals surface area contributed by atoms with E-state index in [1.165, 1.54) is 0 Å². The van der Waals surface area contributed by atoms with Gasteiger partial charge in [-0.15, -0.1) is 11.8 Å². The summed E-state index contributed by atoms with van der Waals surface area (Å²) in [7, 11) is 0.